The highest BCUT2D eigenvalue weighted by atomic mass is 16.5. The zero-order valence-electron chi connectivity index (χ0n) is 13.5. The Morgan fingerprint density at radius 1 is 1.20 bits per heavy atom. The smallest absolute Gasteiger partial charge is 0.280 e. The highest BCUT2D eigenvalue weighted by Crippen LogP contribution is 2.14. The zero-order valence-corrected chi connectivity index (χ0v) is 13.5. The van der Waals surface area contributed by atoms with Crippen molar-refractivity contribution in [3.05, 3.63) is 77.0 Å². The van der Waals surface area contributed by atoms with Crippen LogP contribution in [0.4, 0.5) is 0 Å². The molecule has 0 N–H and O–H groups in total. The molecule has 0 fully saturated rings. The second-order valence-corrected chi connectivity index (χ2v) is 5.62. The summed E-state index contributed by atoms with van der Waals surface area (Å²) < 4.78 is 8.88. The summed E-state index contributed by atoms with van der Waals surface area (Å²) in [6.45, 7) is 0.254. The fourth-order valence-electron chi connectivity index (χ4n) is 2.53. The summed E-state index contributed by atoms with van der Waals surface area (Å²) in [5.41, 5.74) is 2.35. The average molecular weight is 333 g/mol. The number of hydrogen-bond acceptors (Lipinski definition) is 5. The van der Waals surface area contributed by atoms with Crippen molar-refractivity contribution >= 4 is 10.9 Å². The molecule has 1 aromatic carbocycles. The van der Waals surface area contributed by atoms with Crippen LogP contribution in [0.25, 0.3) is 16.6 Å². The molecule has 3 heterocycles. The average Bonchev–Trinajstić information content (AvgIpc) is 3.07. The Morgan fingerprint density at radius 2 is 2.12 bits per heavy atom. The second-order valence-electron chi connectivity index (χ2n) is 5.62. The molecule has 0 aliphatic heterocycles. The van der Waals surface area contributed by atoms with E-state index in [1.54, 1.807) is 34.2 Å². The minimum Gasteiger partial charge on any atom is -0.469 e. The number of aryl methyl sites for hydroxylation is 1. The molecule has 0 radical (unpaired) electrons. The van der Waals surface area contributed by atoms with E-state index in [4.69, 9.17) is 4.74 Å². The van der Waals surface area contributed by atoms with Crippen LogP contribution >= 0.6 is 0 Å². The molecule has 25 heavy (non-hydrogen) atoms. The second kappa shape index (κ2) is 6.20. The third-order valence-corrected chi connectivity index (χ3v) is 3.78. The number of aromatic nitrogens is 5. The Balaban J connectivity index is 1.58. The molecule has 7 heteroatoms. The molecule has 0 amide bonds. The summed E-state index contributed by atoms with van der Waals surface area (Å²) in [5.74, 6) is 0.0534. The van der Waals surface area contributed by atoms with Crippen LogP contribution in [0, 0.1) is 0 Å². The number of rotatable bonds is 4. The Hall–Kier alpha value is -3.48. The van der Waals surface area contributed by atoms with Crippen molar-refractivity contribution in [1.29, 1.82) is 0 Å². The minimum absolute atomic E-state index is 0.0534. The Kier molecular flexibility index (Phi) is 3.74. The van der Waals surface area contributed by atoms with Gasteiger partial charge < -0.3 is 4.74 Å². The molecule has 0 saturated carbocycles. The van der Waals surface area contributed by atoms with Crippen molar-refractivity contribution in [3.8, 4) is 11.6 Å². The minimum atomic E-state index is -0.261. The maximum absolute atomic E-state index is 12.0. The van der Waals surface area contributed by atoms with Gasteiger partial charge in [0.1, 0.15) is 12.3 Å². The van der Waals surface area contributed by atoms with Crippen molar-refractivity contribution in [2.24, 2.45) is 7.05 Å². The highest BCUT2D eigenvalue weighted by molar-refractivity contribution is 5.78. The van der Waals surface area contributed by atoms with Crippen molar-refractivity contribution in [2.45, 2.75) is 6.61 Å². The summed E-state index contributed by atoms with van der Waals surface area (Å²) in [7, 11) is 1.82. The van der Waals surface area contributed by atoms with Crippen LogP contribution < -0.4 is 10.2 Å². The van der Waals surface area contributed by atoms with Gasteiger partial charge in [0.05, 0.1) is 17.9 Å². The maximum Gasteiger partial charge on any atom is 0.280 e. The molecule has 0 saturated heterocycles. The van der Waals surface area contributed by atoms with E-state index < -0.39 is 0 Å². The first-order valence-electron chi connectivity index (χ1n) is 7.74. The topological polar surface area (TPSA) is 74.8 Å². The van der Waals surface area contributed by atoms with E-state index in [0.717, 1.165) is 22.2 Å². The summed E-state index contributed by atoms with van der Waals surface area (Å²) >= 11 is 0. The first-order chi connectivity index (χ1) is 12.2. The molecule has 0 spiro atoms. The predicted molar refractivity (Wildman–Crippen MR) is 92.7 cm³/mol. The van der Waals surface area contributed by atoms with E-state index in [0.29, 0.717) is 0 Å². The molecular weight excluding hydrogens is 318 g/mol. The number of nitrogens with zero attached hydrogens (tertiary/aromatic N) is 5. The van der Waals surface area contributed by atoms with Crippen LogP contribution in [-0.2, 0) is 13.7 Å². The molecule has 4 aromatic rings. The van der Waals surface area contributed by atoms with Crippen molar-refractivity contribution in [3.63, 3.8) is 0 Å². The third-order valence-electron chi connectivity index (χ3n) is 3.78. The molecule has 3 aromatic heterocycles. The van der Waals surface area contributed by atoms with Crippen molar-refractivity contribution < 1.29 is 4.74 Å². The first-order valence-corrected chi connectivity index (χ1v) is 7.74. The molecule has 0 atom stereocenters. The number of pyridine rings is 1. The highest BCUT2D eigenvalue weighted by Gasteiger charge is 2.07. The van der Waals surface area contributed by atoms with Gasteiger partial charge in [0.25, 0.3) is 5.88 Å². The van der Waals surface area contributed by atoms with E-state index >= 15 is 0 Å². The van der Waals surface area contributed by atoms with Crippen LogP contribution in [0.3, 0.4) is 0 Å². The zero-order chi connectivity index (χ0) is 17.2. The lowest BCUT2D eigenvalue weighted by Gasteiger charge is -2.08. The van der Waals surface area contributed by atoms with Crippen LogP contribution in [0.2, 0.25) is 0 Å². The lowest BCUT2D eigenvalue weighted by molar-refractivity contribution is 0.284. The summed E-state index contributed by atoms with van der Waals surface area (Å²) in [5, 5.41) is 9.37. The Bertz CT molecular complexity index is 1100. The third kappa shape index (κ3) is 3.12. The van der Waals surface area contributed by atoms with E-state index in [-0.39, 0.29) is 17.9 Å². The fraction of sp³-hybridized carbons (Fsp3) is 0.111. The lowest BCUT2D eigenvalue weighted by atomic mass is 10.1. The number of benzene rings is 1. The van der Waals surface area contributed by atoms with Gasteiger partial charge in [-0.15, -0.1) is 5.10 Å². The van der Waals surface area contributed by atoms with Gasteiger partial charge in [-0.05, 0) is 23.8 Å². The van der Waals surface area contributed by atoms with Gasteiger partial charge in [-0.3, -0.25) is 14.5 Å². The van der Waals surface area contributed by atoms with Gasteiger partial charge in [-0.25, -0.2) is 4.68 Å². The normalized spacial score (nSPS) is 10.9. The van der Waals surface area contributed by atoms with Gasteiger partial charge >= 0.3 is 0 Å². The fourth-order valence-corrected chi connectivity index (χ4v) is 2.53. The first kappa shape index (κ1) is 15.1. The standard InChI is InChI=1S/C18H15N5O2/c1-22-11-15(10-20-22)23-8-6-17(24)18(21-23)25-12-13-4-5-16-14(9-13)3-2-7-19-16/h2-11H,12H2,1H3. The van der Waals surface area contributed by atoms with E-state index in [9.17, 15) is 4.79 Å². The SMILES string of the molecule is Cn1cc(-n2ccc(=O)c(OCc3ccc4ncccc4c3)n2)cn1. The summed E-state index contributed by atoms with van der Waals surface area (Å²) in [6, 6.07) is 11.2. The van der Waals surface area contributed by atoms with Gasteiger partial charge in [0.2, 0.25) is 5.43 Å². The van der Waals surface area contributed by atoms with Gasteiger partial charge in [-0.2, -0.15) is 5.10 Å². The Morgan fingerprint density at radius 3 is 2.96 bits per heavy atom. The number of hydrogen-bond donors (Lipinski definition) is 0. The quantitative estimate of drug-likeness (QED) is 0.572. The lowest BCUT2D eigenvalue weighted by Crippen LogP contribution is -2.14. The van der Waals surface area contributed by atoms with E-state index in [1.807, 2.05) is 37.4 Å². The van der Waals surface area contributed by atoms with Crippen molar-refractivity contribution in [2.75, 3.05) is 0 Å². The number of ether oxygens (including phenoxy) is 1. The molecule has 124 valence electrons. The molecule has 0 unspecified atom stereocenters. The molecule has 0 aliphatic rings. The molecular formula is C18H15N5O2. The van der Waals surface area contributed by atoms with Crippen molar-refractivity contribution in [1.82, 2.24) is 24.5 Å². The largest absolute Gasteiger partial charge is 0.469 e. The monoisotopic (exact) mass is 333 g/mol. The number of fused-ring (bicyclic) bond motifs is 1. The molecule has 0 aliphatic carbocycles. The van der Waals surface area contributed by atoms with E-state index in [2.05, 4.69) is 15.2 Å². The van der Waals surface area contributed by atoms with Gasteiger partial charge in [0, 0.05) is 30.9 Å². The molecule has 4 rings (SSSR count). The van der Waals surface area contributed by atoms with Crippen LogP contribution in [0.5, 0.6) is 5.88 Å². The molecule has 7 nitrogen and oxygen atoms in total. The predicted octanol–water partition coefficient (Wildman–Crippen LogP) is 2.09. The van der Waals surface area contributed by atoms with Gasteiger partial charge in [0.15, 0.2) is 0 Å². The Labute approximate surface area is 143 Å². The van der Waals surface area contributed by atoms with E-state index in [1.165, 1.54) is 6.07 Å². The molecule has 0 bridgehead atoms. The van der Waals surface area contributed by atoms with Crippen LogP contribution in [-0.4, -0.2) is 24.5 Å². The maximum atomic E-state index is 12.0. The van der Waals surface area contributed by atoms with Gasteiger partial charge in [-0.1, -0.05) is 12.1 Å². The summed E-state index contributed by atoms with van der Waals surface area (Å²) in [4.78, 5) is 16.3. The van der Waals surface area contributed by atoms with Crippen LogP contribution in [0.1, 0.15) is 5.56 Å². The van der Waals surface area contributed by atoms with Crippen LogP contribution in [0.15, 0.2) is 66.0 Å². The summed E-state index contributed by atoms with van der Waals surface area (Å²) in [6.07, 6.45) is 6.82.